The van der Waals surface area contributed by atoms with Gasteiger partial charge in [-0.2, -0.15) is 4.73 Å². The third-order valence-corrected chi connectivity index (χ3v) is 2.90. The van der Waals surface area contributed by atoms with E-state index in [4.69, 9.17) is 0 Å². The molecule has 0 saturated carbocycles. The summed E-state index contributed by atoms with van der Waals surface area (Å²) in [5.74, 6) is 0.865. The maximum absolute atomic E-state index is 11.6. The lowest BCUT2D eigenvalue weighted by atomic mass is 10.1. The van der Waals surface area contributed by atoms with Crippen LogP contribution in [0, 0.1) is 19.1 Å². The lowest BCUT2D eigenvalue weighted by molar-refractivity contribution is -0.612. The van der Waals surface area contributed by atoms with Gasteiger partial charge in [0, 0.05) is 20.0 Å². The molecular formula is C11H17N3O. The summed E-state index contributed by atoms with van der Waals surface area (Å²) in [5, 5.41) is 11.6. The number of rotatable bonds is 1. The first kappa shape index (κ1) is 10.2. The largest absolute Gasteiger partial charge is 0.618 e. The van der Waals surface area contributed by atoms with E-state index >= 15 is 0 Å². The standard InChI is InChI=1S/C11H17N3O/c1-9-8-14(15)10(2)11(12-9)13-6-4-3-5-7-13/h8H,3-7H2,1-2H3. The third kappa shape index (κ3) is 2.03. The molecule has 0 N–H and O–H groups in total. The first-order valence-electron chi connectivity index (χ1n) is 5.51. The van der Waals surface area contributed by atoms with E-state index in [1.165, 1.54) is 25.5 Å². The molecule has 0 radical (unpaired) electrons. The van der Waals surface area contributed by atoms with Crippen LogP contribution in [0.5, 0.6) is 0 Å². The molecule has 1 aromatic rings. The van der Waals surface area contributed by atoms with Gasteiger partial charge in [0.25, 0.3) is 0 Å². The quantitative estimate of drug-likeness (QED) is 0.515. The molecule has 1 saturated heterocycles. The third-order valence-electron chi connectivity index (χ3n) is 2.90. The van der Waals surface area contributed by atoms with Crippen LogP contribution in [0.3, 0.4) is 0 Å². The number of aromatic nitrogens is 2. The van der Waals surface area contributed by atoms with Crippen molar-refractivity contribution < 1.29 is 4.73 Å². The minimum atomic E-state index is 0.711. The smallest absolute Gasteiger partial charge is 0.232 e. The molecule has 2 rings (SSSR count). The normalized spacial score (nSPS) is 16.8. The fraction of sp³-hybridized carbons (Fsp3) is 0.636. The molecule has 0 bridgehead atoms. The fourth-order valence-corrected chi connectivity index (χ4v) is 2.05. The predicted molar refractivity (Wildman–Crippen MR) is 58.7 cm³/mol. The molecule has 4 heteroatoms. The maximum atomic E-state index is 11.6. The molecule has 82 valence electrons. The zero-order valence-corrected chi connectivity index (χ0v) is 9.36. The summed E-state index contributed by atoms with van der Waals surface area (Å²) >= 11 is 0. The Morgan fingerprint density at radius 3 is 2.60 bits per heavy atom. The van der Waals surface area contributed by atoms with Gasteiger partial charge in [0.1, 0.15) is 5.69 Å². The van der Waals surface area contributed by atoms with Crippen LogP contribution in [0.25, 0.3) is 0 Å². The molecule has 0 atom stereocenters. The second-order valence-corrected chi connectivity index (χ2v) is 4.16. The van der Waals surface area contributed by atoms with Crippen LogP contribution in [0.2, 0.25) is 0 Å². The number of hydrogen-bond donors (Lipinski definition) is 0. The molecular weight excluding hydrogens is 190 g/mol. The molecule has 15 heavy (non-hydrogen) atoms. The second kappa shape index (κ2) is 4.04. The van der Waals surface area contributed by atoms with Gasteiger partial charge in [0.15, 0.2) is 5.82 Å². The highest BCUT2D eigenvalue weighted by molar-refractivity contribution is 5.41. The molecule has 1 aliphatic heterocycles. The highest BCUT2D eigenvalue weighted by atomic mass is 16.5. The molecule has 2 heterocycles. The van der Waals surface area contributed by atoms with Crippen LogP contribution in [0.4, 0.5) is 5.82 Å². The van der Waals surface area contributed by atoms with Crippen molar-refractivity contribution in [1.82, 2.24) is 4.98 Å². The number of anilines is 1. The highest BCUT2D eigenvalue weighted by Crippen LogP contribution is 2.19. The van der Waals surface area contributed by atoms with Gasteiger partial charge in [-0.25, -0.2) is 4.98 Å². The Morgan fingerprint density at radius 1 is 1.27 bits per heavy atom. The first-order valence-corrected chi connectivity index (χ1v) is 5.51. The summed E-state index contributed by atoms with van der Waals surface area (Å²) in [6.07, 6.45) is 5.23. The van der Waals surface area contributed by atoms with E-state index < -0.39 is 0 Å². The van der Waals surface area contributed by atoms with E-state index in [-0.39, 0.29) is 0 Å². The molecule has 1 fully saturated rings. The van der Waals surface area contributed by atoms with Crippen molar-refractivity contribution in [2.24, 2.45) is 0 Å². The average molecular weight is 207 g/mol. The molecule has 1 aliphatic rings. The van der Waals surface area contributed by atoms with Crippen LogP contribution in [0.1, 0.15) is 30.7 Å². The summed E-state index contributed by atoms with van der Waals surface area (Å²) < 4.78 is 0.923. The van der Waals surface area contributed by atoms with E-state index in [2.05, 4.69) is 9.88 Å². The maximum Gasteiger partial charge on any atom is 0.232 e. The van der Waals surface area contributed by atoms with Crippen LogP contribution in [0.15, 0.2) is 6.20 Å². The van der Waals surface area contributed by atoms with Crippen molar-refractivity contribution in [1.29, 1.82) is 0 Å². The number of nitrogens with zero attached hydrogens (tertiary/aromatic N) is 3. The van der Waals surface area contributed by atoms with Crippen LogP contribution in [-0.4, -0.2) is 18.1 Å². The first-order chi connectivity index (χ1) is 7.18. The Morgan fingerprint density at radius 2 is 1.93 bits per heavy atom. The molecule has 0 unspecified atom stereocenters. The van der Waals surface area contributed by atoms with Crippen molar-refractivity contribution in [2.45, 2.75) is 33.1 Å². The lowest BCUT2D eigenvalue weighted by Crippen LogP contribution is -2.37. The number of piperidine rings is 1. The summed E-state index contributed by atoms with van der Waals surface area (Å²) in [6, 6.07) is 0. The Balaban J connectivity index is 2.33. The van der Waals surface area contributed by atoms with Gasteiger partial charge in [-0.3, -0.25) is 0 Å². The Labute approximate surface area is 90.1 Å². The number of hydrogen-bond acceptors (Lipinski definition) is 3. The zero-order valence-electron chi connectivity index (χ0n) is 9.36. The average Bonchev–Trinajstić information content (AvgIpc) is 2.24. The lowest BCUT2D eigenvalue weighted by Gasteiger charge is -2.27. The molecule has 1 aromatic heterocycles. The summed E-state index contributed by atoms with van der Waals surface area (Å²) in [4.78, 5) is 6.68. The van der Waals surface area contributed by atoms with Gasteiger partial charge >= 0.3 is 0 Å². The van der Waals surface area contributed by atoms with Gasteiger partial charge in [0.05, 0.1) is 0 Å². The molecule has 0 aliphatic carbocycles. The minimum Gasteiger partial charge on any atom is -0.618 e. The summed E-state index contributed by atoms with van der Waals surface area (Å²) in [5.41, 5.74) is 1.50. The van der Waals surface area contributed by atoms with Crippen molar-refractivity contribution in [3.8, 4) is 0 Å². The zero-order chi connectivity index (χ0) is 10.8. The van der Waals surface area contributed by atoms with E-state index in [0.717, 1.165) is 29.3 Å². The fourth-order valence-electron chi connectivity index (χ4n) is 2.05. The minimum absolute atomic E-state index is 0.711. The van der Waals surface area contributed by atoms with Gasteiger partial charge < -0.3 is 10.1 Å². The monoisotopic (exact) mass is 207 g/mol. The Hall–Kier alpha value is -1.32. The van der Waals surface area contributed by atoms with E-state index in [9.17, 15) is 5.21 Å². The van der Waals surface area contributed by atoms with Crippen LogP contribution < -0.4 is 9.63 Å². The van der Waals surface area contributed by atoms with Gasteiger partial charge in [0.2, 0.25) is 11.9 Å². The van der Waals surface area contributed by atoms with E-state index in [1.54, 1.807) is 0 Å². The molecule has 0 aromatic carbocycles. The van der Waals surface area contributed by atoms with Crippen molar-refractivity contribution in [3.05, 3.63) is 22.8 Å². The van der Waals surface area contributed by atoms with Gasteiger partial charge in [-0.1, -0.05) is 0 Å². The van der Waals surface area contributed by atoms with Crippen LogP contribution >= 0.6 is 0 Å². The summed E-state index contributed by atoms with van der Waals surface area (Å²) in [6.45, 7) is 5.75. The van der Waals surface area contributed by atoms with Crippen molar-refractivity contribution in [3.63, 3.8) is 0 Å². The van der Waals surface area contributed by atoms with Crippen molar-refractivity contribution in [2.75, 3.05) is 18.0 Å². The van der Waals surface area contributed by atoms with E-state index in [0.29, 0.717) is 5.69 Å². The van der Waals surface area contributed by atoms with Crippen molar-refractivity contribution >= 4 is 5.82 Å². The molecule has 0 amide bonds. The van der Waals surface area contributed by atoms with Crippen LogP contribution in [-0.2, 0) is 0 Å². The molecule has 4 nitrogen and oxygen atoms in total. The predicted octanol–water partition coefficient (Wildman–Crippen LogP) is 1.32. The van der Waals surface area contributed by atoms with Gasteiger partial charge in [-0.15, -0.1) is 0 Å². The Bertz CT molecular complexity index is 359. The SMILES string of the molecule is Cc1c[n+]([O-])c(C)c(N2CCCCC2)n1. The number of aryl methyl sites for hydroxylation is 1. The Kier molecular flexibility index (Phi) is 2.75. The van der Waals surface area contributed by atoms with E-state index in [1.807, 2.05) is 13.8 Å². The molecule has 0 spiro atoms. The highest BCUT2D eigenvalue weighted by Gasteiger charge is 2.19. The topological polar surface area (TPSA) is 43.1 Å². The van der Waals surface area contributed by atoms with Gasteiger partial charge in [-0.05, 0) is 26.2 Å². The summed E-state index contributed by atoms with van der Waals surface area (Å²) in [7, 11) is 0. The second-order valence-electron chi connectivity index (χ2n) is 4.16.